The van der Waals surface area contributed by atoms with Gasteiger partial charge < -0.3 is 18.9 Å². The summed E-state index contributed by atoms with van der Waals surface area (Å²) >= 11 is 0. The van der Waals surface area contributed by atoms with Gasteiger partial charge in [-0.2, -0.15) is 0 Å². The van der Waals surface area contributed by atoms with Crippen LogP contribution in [0.4, 0.5) is 0 Å². The Bertz CT molecular complexity index is 868. The molecule has 0 aliphatic rings. The molecule has 0 spiro atoms. The summed E-state index contributed by atoms with van der Waals surface area (Å²) in [7, 11) is 0. The molecule has 8 nitrogen and oxygen atoms in total. The van der Waals surface area contributed by atoms with E-state index < -0.39 is 23.9 Å². The standard InChI is InChI=1S/C20H18O8/c1-11(21)25-17-9-5-7-15(19(17)27-13(3)23)16-8-6-10-18(26-12(2)22)20(16)28-14(4)24/h5-10H,1-4H3. The van der Waals surface area contributed by atoms with Gasteiger partial charge >= 0.3 is 23.9 Å². The van der Waals surface area contributed by atoms with Gasteiger partial charge in [0, 0.05) is 38.8 Å². The summed E-state index contributed by atoms with van der Waals surface area (Å²) in [5, 5.41) is 0. The van der Waals surface area contributed by atoms with E-state index in [2.05, 4.69) is 0 Å². The second-order valence-corrected chi connectivity index (χ2v) is 5.64. The van der Waals surface area contributed by atoms with Crippen LogP contribution in [0, 0.1) is 0 Å². The van der Waals surface area contributed by atoms with Crippen molar-refractivity contribution in [3.63, 3.8) is 0 Å². The predicted octanol–water partition coefficient (Wildman–Crippen LogP) is 3.05. The molecule has 0 unspecified atom stereocenters. The lowest BCUT2D eigenvalue weighted by Gasteiger charge is -2.17. The minimum Gasteiger partial charge on any atom is -0.423 e. The lowest BCUT2D eigenvalue weighted by atomic mass is 10.0. The average Bonchev–Trinajstić information content (AvgIpc) is 2.56. The SMILES string of the molecule is CC(=O)Oc1cccc(-c2cccc(OC(C)=O)c2OC(C)=O)c1OC(C)=O. The first-order chi connectivity index (χ1) is 13.2. The monoisotopic (exact) mass is 386 g/mol. The first kappa shape index (κ1) is 20.6. The fourth-order valence-electron chi connectivity index (χ4n) is 2.42. The number of carbonyl (C=O) groups excluding carboxylic acids is 4. The Morgan fingerprint density at radius 1 is 0.536 bits per heavy atom. The molecule has 146 valence electrons. The number of esters is 4. The Morgan fingerprint density at radius 3 is 1.14 bits per heavy atom. The minimum absolute atomic E-state index is 0.00636. The summed E-state index contributed by atoms with van der Waals surface area (Å²) in [5.74, 6) is -2.59. The van der Waals surface area contributed by atoms with Crippen LogP contribution in [-0.2, 0) is 19.2 Å². The zero-order valence-corrected chi connectivity index (χ0v) is 15.7. The topological polar surface area (TPSA) is 105 Å². The predicted molar refractivity (Wildman–Crippen MR) is 97.1 cm³/mol. The van der Waals surface area contributed by atoms with Crippen molar-refractivity contribution in [3.05, 3.63) is 36.4 Å². The number of rotatable bonds is 5. The maximum atomic E-state index is 11.6. The molecular formula is C20H18O8. The van der Waals surface area contributed by atoms with Crippen molar-refractivity contribution in [2.45, 2.75) is 27.7 Å². The molecule has 2 rings (SSSR count). The third kappa shape index (κ3) is 5.16. The molecule has 0 radical (unpaired) electrons. The second kappa shape index (κ2) is 8.81. The number of para-hydroxylation sites is 2. The smallest absolute Gasteiger partial charge is 0.308 e. The van der Waals surface area contributed by atoms with Gasteiger partial charge in [0.25, 0.3) is 0 Å². The normalized spacial score (nSPS) is 10.0. The number of hydrogen-bond acceptors (Lipinski definition) is 8. The molecule has 0 amide bonds. The van der Waals surface area contributed by atoms with Crippen LogP contribution in [0.1, 0.15) is 27.7 Å². The summed E-state index contributed by atoms with van der Waals surface area (Å²) < 4.78 is 20.7. The highest BCUT2D eigenvalue weighted by Crippen LogP contribution is 2.45. The molecule has 0 aliphatic carbocycles. The quantitative estimate of drug-likeness (QED) is 0.570. The van der Waals surface area contributed by atoms with E-state index in [9.17, 15) is 19.2 Å². The van der Waals surface area contributed by atoms with Gasteiger partial charge in [0.1, 0.15) is 0 Å². The van der Waals surface area contributed by atoms with Crippen molar-refractivity contribution in [2.75, 3.05) is 0 Å². The van der Waals surface area contributed by atoms with E-state index in [0.717, 1.165) is 0 Å². The van der Waals surface area contributed by atoms with E-state index in [1.54, 1.807) is 24.3 Å². The van der Waals surface area contributed by atoms with Gasteiger partial charge in [-0.25, -0.2) is 0 Å². The maximum absolute atomic E-state index is 11.6. The molecule has 0 bridgehead atoms. The molecule has 0 heterocycles. The lowest BCUT2D eigenvalue weighted by molar-refractivity contribution is -0.134. The Morgan fingerprint density at radius 2 is 0.857 bits per heavy atom. The number of benzene rings is 2. The number of hydrogen-bond donors (Lipinski definition) is 0. The molecule has 28 heavy (non-hydrogen) atoms. The van der Waals surface area contributed by atoms with E-state index in [4.69, 9.17) is 18.9 Å². The van der Waals surface area contributed by atoms with E-state index in [0.29, 0.717) is 11.1 Å². The Kier molecular flexibility index (Phi) is 6.49. The number of ether oxygens (including phenoxy) is 4. The molecule has 0 atom stereocenters. The van der Waals surface area contributed by atoms with Crippen LogP contribution < -0.4 is 18.9 Å². The van der Waals surface area contributed by atoms with Crippen molar-refractivity contribution < 1.29 is 38.1 Å². The highest BCUT2D eigenvalue weighted by Gasteiger charge is 2.22. The molecule has 0 fully saturated rings. The first-order valence-corrected chi connectivity index (χ1v) is 8.19. The Labute approximate surface area is 161 Å². The highest BCUT2D eigenvalue weighted by atomic mass is 16.6. The van der Waals surface area contributed by atoms with Gasteiger partial charge in [-0.3, -0.25) is 19.2 Å². The summed E-state index contributed by atoms with van der Waals surface area (Å²) in [4.78, 5) is 46.0. The van der Waals surface area contributed by atoms with Gasteiger partial charge in [0.2, 0.25) is 0 Å². The Balaban J connectivity index is 2.75. The van der Waals surface area contributed by atoms with Gasteiger partial charge in [-0.15, -0.1) is 0 Å². The van der Waals surface area contributed by atoms with Crippen LogP contribution >= 0.6 is 0 Å². The largest absolute Gasteiger partial charge is 0.423 e. The maximum Gasteiger partial charge on any atom is 0.308 e. The van der Waals surface area contributed by atoms with Crippen LogP contribution in [0.25, 0.3) is 11.1 Å². The molecule has 0 aliphatic heterocycles. The third-order valence-corrected chi connectivity index (χ3v) is 3.25. The van der Waals surface area contributed by atoms with E-state index in [1.165, 1.54) is 39.8 Å². The van der Waals surface area contributed by atoms with Crippen molar-refractivity contribution in [1.82, 2.24) is 0 Å². The number of carbonyl (C=O) groups is 4. The summed E-state index contributed by atoms with van der Waals surface area (Å²) in [6.45, 7) is 4.79. The third-order valence-electron chi connectivity index (χ3n) is 3.25. The van der Waals surface area contributed by atoms with Gasteiger partial charge in [-0.05, 0) is 12.1 Å². The minimum atomic E-state index is -0.647. The van der Waals surface area contributed by atoms with Crippen LogP contribution in [0.5, 0.6) is 23.0 Å². The summed E-state index contributed by atoms with van der Waals surface area (Å²) in [6.07, 6.45) is 0. The fraction of sp³-hybridized carbons (Fsp3) is 0.200. The zero-order chi connectivity index (χ0) is 20.8. The highest BCUT2D eigenvalue weighted by molar-refractivity contribution is 5.87. The van der Waals surface area contributed by atoms with E-state index >= 15 is 0 Å². The van der Waals surface area contributed by atoms with Crippen molar-refractivity contribution in [3.8, 4) is 34.1 Å². The molecule has 8 heteroatoms. The van der Waals surface area contributed by atoms with Crippen molar-refractivity contribution in [1.29, 1.82) is 0 Å². The van der Waals surface area contributed by atoms with Crippen molar-refractivity contribution in [2.24, 2.45) is 0 Å². The van der Waals surface area contributed by atoms with Crippen LogP contribution in [0.15, 0.2) is 36.4 Å². The van der Waals surface area contributed by atoms with Crippen LogP contribution in [-0.4, -0.2) is 23.9 Å². The van der Waals surface area contributed by atoms with Gasteiger partial charge in [0.05, 0.1) is 0 Å². The Hall–Kier alpha value is -3.68. The van der Waals surface area contributed by atoms with Crippen molar-refractivity contribution >= 4 is 23.9 Å². The average molecular weight is 386 g/mol. The lowest BCUT2D eigenvalue weighted by Crippen LogP contribution is -2.10. The molecule has 0 saturated heterocycles. The van der Waals surface area contributed by atoms with Crippen LogP contribution in [0.3, 0.4) is 0 Å². The van der Waals surface area contributed by atoms with Gasteiger partial charge in [0.15, 0.2) is 23.0 Å². The fourth-order valence-corrected chi connectivity index (χ4v) is 2.42. The summed E-state index contributed by atoms with van der Waals surface area (Å²) in [6, 6.07) is 9.18. The van der Waals surface area contributed by atoms with Gasteiger partial charge in [-0.1, -0.05) is 24.3 Å². The first-order valence-electron chi connectivity index (χ1n) is 8.19. The van der Waals surface area contributed by atoms with E-state index in [1.807, 2.05) is 0 Å². The molecular weight excluding hydrogens is 368 g/mol. The second-order valence-electron chi connectivity index (χ2n) is 5.64. The molecule has 2 aromatic rings. The summed E-state index contributed by atoms with van der Waals surface area (Å²) in [5.41, 5.74) is 0.582. The molecule has 0 N–H and O–H groups in total. The van der Waals surface area contributed by atoms with E-state index in [-0.39, 0.29) is 23.0 Å². The molecule has 2 aromatic carbocycles. The molecule has 0 aromatic heterocycles. The molecule has 0 saturated carbocycles. The van der Waals surface area contributed by atoms with Crippen LogP contribution in [0.2, 0.25) is 0 Å². The zero-order valence-electron chi connectivity index (χ0n) is 15.7.